The van der Waals surface area contributed by atoms with E-state index in [1.54, 1.807) is 0 Å². The second kappa shape index (κ2) is 10.3. The van der Waals surface area contributed by atoms with Crippen LogP contribution in [-0.4, -0.2) is 64.9 Å². The zero-order valence-electron chi connectivity index (χ0n) is 17.4. The molecule has 1 aliphatic rings. The summed E-state index contributed by atoms with van der Waals surface area (Å²) >= 11 is 0. The van der Waals surface area contributed by atoms with Crippen molar-refractivity contribution in [2.24, 2.45) is 5.73 Å². The maximum atomic E-state index is 12.4. The number of nitrogens with two attached hydrogens (primary N) is 1. The van der Waals surface area contributed by atoms with Crippen LogP contribution >= 0.6 is 22.8 Å². The number of hydrogen-bond acceptors (Lipinski definition) is 11. The molecular weight excluding hydrogens is 491 g/mol. The minimum absolute atomic E-state index is 0.000387. The standard InChI is InChI=1S/C15H24N3O11P3/c1-30(22,23)28-32(3,25)29-31(2,24)26-9-12-11(19)7-13(27-12)18-8-10(5-4-6-16)14(20)17-15(18)21/h8,11-13,19H,6-7,9,16H2,1-3H3,(H,22,23)(H,17,20,21)/t11?,12-,13-,31?,32?/m1/s1. The average Bonchev–Trinajstić information content (AvgIpc) is 2.97. The van der Waals surface area contributed by atoms with Crippen molar-refractivity contribution in [1.29, 1.82) is 0 Å². The van der Waals surface area contributed by atoms with Gasteiger partial charge < -0.3 is 25.0 Å². The molecule has 0 spiro atoms. The predicted octanol–water partition coefficient (Wildman–Crippen LogP) is 0.00600. The van der Waals surface area contributed by atoms with Gasteiger partial charge in [-0.1, -0.05) is 11.8 Å². The number of aromatic nitrogens is 2. The van der Waals surface area contributed by atoms with Crippen LogP contribution in [0.5, 0.6) is 0 Å². The Balaban J connectivity index is 2.09. The van der Waals surface area contributed by atoms with Gasteiger partial charge in [-0.15, -0.1) is 0 Å². The summed E-state index contributed by atoms with van der Waals surface area (Å²) in [7, 11) is -12.5. The van der Waals surface area contributed by atoms with Gasteiger partial charge in [0.1, 0.15) is 17.9 Å². The van der Waals surface area contributed by atoms with Crippen LogP contribution in [0.15, 0.2) is 15.8 Å². The van der Waals surface area contributed by atoms with Gasteiger partial charge in [-0.05, 0) is 0 Å². The highest BCUT2D eigenvalue weighted by molar-refractivity contribution is 7.71. The highest BCUT2D eigenvalue weighted by Crippen LogP contribution is 2.67. The first-order chi connectivity index (χ1) is 14.6. The summed E-state index contributed by atoms with van der Waals surface area (Å²) in [4.78, 5) is 35.2. The Hall–Kier alpha value is -1.35. The Morgan fingerprint density at radius 1 is 1.25 bits per heavy atom. The molecule has 0 amide bonds. The molecule has 17 heteroatoms. The van der Waals surface area contributed by atoms with E-state index in [4.69, 9.17) is 24.2 Å². The Morgan fingerprint density at radius 3 is 2.50 bits per heavy atom. The second-order valence-electron chi connectivity index (χ2n) is 6.95. The molecule has 0 bridgehead atoms. The molecule has 14 nitrogen and oxygen atoms in total. The van der Waals surface area contributed by atoms with Crippen LogP contribution in [0.1, 0.15) is 18.2 Å². The van der Waals surface area contributed by atoms with E-state index in [-0.39, 0.29) is 18.5 Å². The fourth-order valence-corrected chi connectivity index (χ4v) is 8.11. The molecule has 2 rings (SSSR count). The molecule has 1 aliphatic heterocycles. The lowest BCUT2D eigenvalue weighted by Gasteiger charge is -2.22. The summed E-state index contributed by atoms with van der Waals surface area (Å²) in [5.41, 5.74) is 3.74. The van der Waals surface area contributed by atoms with Gasteiger partial charge in [0, 0.05) is 32.6 Å². The van der Waals surface area contributed by atoms with E-state index < -0.39 is 59.1 Å². The van der Waals surface area contributed by atoms with Crippen LogP contribution in [0.3, 0.4) is 0 Å². The zero-order chi connectivity index (χ0) is 24.3. The van der Waals surface area contributed by atoms with Crippen molar-refractivity contribution < 1.29 is 41.6 Å². The summed E-state index contributed by atoms with van der Waals surface area (Å²) < 4.78 is 56.7. The third-order valence-corrected chi connectivity index (χ3v) is 9.27. The molecule has 0 saturated carbocycles. The fraction of sp³-hybridized carbons (Fsp3) is 0.600. The molecule has 4 unspecified atom stereocenters. The minimum Gasteiger partial charge on any atom is -0.390 e. The van der Waals surface area contributed by atoms with Gasteiger partial charge in [0.05, 0.1) is 19.3 Å². The molecule has 0 aliphatic carbocycles. The van der Waals surface area contributed by atoms with Gasteiger partial charge >= 0.3 is 28.5 Å². The van der Waals surface area contributed by atoms with Crippen LogP contribution in [0.25, 0.3) is 0 Å². The Morgan fingerprint density at radius 2 is 1.91 bits per heavy atom. The number of nitrogens with one attached hydrogen (secondary N) is 1. The lowest BCUT2D eigenvalue weighted by Crippen LogP contribution is -2.33. The number of aliphatic hydroxyl groups is 1. The number of aromatic amines is 1. The smallest absolute Gasteiger partial charge is 0.341 e. The van der Waals surface area contributed by atoms with E-state index in [1.165, 1.54) is 6.20 Å². The number of nitrogens with zero attached hydrogens (tertiary/aromatic N) is 1. The van der Waals surface area contributed by atoms with Crippen LogP contribution in [0, 0.1) is 11.8 Å². The molecule has 1 fully saturated rings. The molecule has 32 heavy (non-hydrogen) atoms. The molecule has 1 aromatic heterocycles. The van der Waals surface area contributed by atoms with Crippen molar-refractivity contribution in [2.45, 2.75) is 24.9 Å². The maximum absolute atomic E-state index is 12.4. The largest absolute Gasteiger partial charge is 0.390 e. The van der Waals surface area contributed by atoms with Gasteiger partial charge in [0.15, 0.2) is 0 Å². The molecular formula is C15H24N3O11P3. The molecule has 180 valence electrons. The van der Waals surface area contributed by atoms with E-state index >= 15 is 0 Å². The van der Waals surface area contributed by atoms with Gasteiger partial charge in [0.2, 0.25) is 0 Å². The van der Waals surface area contributed by atoms with E-state index in [0.29, 0.717) is 0 Å². The van der Waals surface area contributed by atoms with Crippen LogP contribution in [0.4, 0.5) is 0 Å². The lowest BCUT2D eigenvalue weighted by molar-refractivity contribution is -0.0420. The van der Waals surface area contributed by atoms with Gasteiger partial charge in [-0.3, -0.25) is 28.0 Å². The highest BCUT2D eigenvalue weighted by Gasteiger charge is 2.39. The fourth-order valence-electron chi connectivity index (χ4n) is 2.76. The normalized spacial score (nSPS) is 26.4. The molecule has 1 saturated heterocycles. The van der Waals surface area contributed by atoms with Crippen molar-refractivity contribution in [1.82, 2.24) is 9.55 Å². The topological polar surface area (TPSA) is 209 Å². The van der Waals surface area contributed by atoms with Crippen molar-refractivity contribution in [3.8, 4) is 11.8 Å². The average molecular weight is 515 g/mol. The van der Waals surface area contributed by atoms with E-state index in [2.05, 4.69) is 21.1 Å². The summed E-state index contributed by atoms with van der Waals surface area (Å²) in [6, 6.07) is 0. The van der Waals surface area contributed by atoms with Crippen molar-refractivity contribution in [3.05, 3.63) is 32.6 Å². The summed E-state index contributed by atoms with van der Waals surface area (Å²) in [6.07, 6.45) is -2.13. The number of H-pyrrole nitrogens is 1. The highest BCUT2D eigenvalue weighted by atomic mass is 31.3. The number of ether oxygens (including phenoxy) is 1. The minimum atomic E-state index is -4.20. The molecule has 2 heterocycles. The molecule has 1 aromatic rings. The van der Waals surface area contributed by atoms with Gasteiger partial charge in [0.25, 0.3) is 5.56 Å². The first-order valence-corrected chi connectivity index (χ1v) is 15.0. The van der Waals surface area contributed by atoms with E-state index in [0.717, 1.165) is 24.6 Å². The van der Waals surface area contributed by atoms with Crippen molar-refractivity contribution in [3.63, 3.8) is 0 Å². The third-order valence-electron chi connectivity index (χ3n) is 3.88. The van der Waals surface area contributed by atoms with Gasteiger partial charge in [-0.2, -0.15) is 0 Å². The van der Waals surface area contributed by atoms with Crippen molar-refractivity contribution >= 4 is 22.8 Å². The first-order valence-electron chi connectivity index (χ1n) is 9.03. The second-order valence-corrected chi connectivity index (χ2v) is 13.2. The quantitative estimate of drug-likeness (QED) is 0.266. The number of aliphatic hydroxyl groups excluding tert-OH is 1. The van der Waals surface area contributed by atoms with E-state index in [9.17, 15) is 28.4 Å². The van der Waals surface area contributed by atoms with Crippen LogP contribution in [0.2, 0.25) is 0 Å². The lowest BCUT2D eigenvalue weighted by atomic mass is 10.2. The zero-order valence-corrected chi connectivity index (χ0v) is 20.0. The van der Waals surface area contributed by atoms with Crippen molar-refractivity contribution in [2.75, 3.05) is 33.1 Å². The maximum Gasteiger partial charge on any atom is 0.341 e. The van der Waals surface area contributed by atoms with Crippen LogP contribution < -0.4 is 17.0 Å². The summed E-state index contributed by atoms with van der Waals surface area (Å²) in [6.45, 7) is 2.09. The summed E-state index contributed by atoms with van der Waals surface area (Å²) in [5.74, 6) is 5.01. The molecule has 0 radical (unpaired) electrons. The molecule has 5 N–H and O–H groups in total. The Labute approximate surface area is 182 Å². The van der Waals surface area contributed by atoms with Gasteiger partial charge in [-0.25, -0.2) is 13.4 Å². The monoisotopic (exact) mass is 515 g/mol. The summed E-state index contributed by atoms with van der Waals surface area (Å²) in [5, 5.41) is 10.2. The number of hydrogen-bond donors (Lipinski definition) is 4. The molecule has 6 atom stereocenters. The first kappa shape index (κ1) is 26.9. The van der Waals surface area contributed by atoms with Crippen LogP contribution in [-0.2, 0) is 31.6 Å². The Bertz CT molecular complexity index is 1160. The number of rotatable bonds is 8. The third kappa shape index (κ3) is 7.90. The SMILES string of the molecule is CP(=O)(O)OP(C)(=O)OP(C)(=O)OC[C@H]1O[C@@H](n2cc(C#CCN)c(=O)[nH]c2=O)CC1O. The molecule has 0 aromatic carbocycles. The Kier molecular flexibility index (Phi) is 8.64. The van der Waals surface area contributed by atoms with E-state index in [1.807, 2.05) is 0 Å². The predicted molar refractivity (Wildman–Crippen MR) is 113 cm³/mol.